The van der Waals surface area contributed by atoms with Crippen LogP contribution in [0.2, 0.25) is 0 Å². The molecule has 1 aromatic rings. The molecule has 1 saturated heterocycles. The highest BCUT2D eigenvalue weighted by Gasteiger charge is 2.22. The zero-order valence-corrected chi connectivity index (χ0v) is 13.6. The van der Waals surface area contributed by atoms with E-state index in [1.807, 2.05) is 0 Å². The third-order valence-corrected chi connectivity index (χ3v) is 4.91. The van der Waals surface area contributed by atoms with E-state index >= 15 is 0 Å². The SMILES string of the molecule is CNS(=O)(=O)c1cccc(NC(=O)CNC(=O)C2CCCN2)c1. The number of hydrogen-bond donors (Lipinski definition) is 4. The monoisotopic (exact) mass is 340 g/mol. The summed E-state index contributed by atoms with van der Waals surface area (Å²) < 4.78 is 25.6. The quantitative estimate of drug-likeness (QED) is 0.552. The zero-order valence-electron chi connectivity index (χ0n) is 12.8. The Bertz CT molecular complexity index is 684. The second-order valence-corrected chi connectivity index (χ2v) is 7.04. The molecule has 0 radical (unpaired) electrons. The van der Waals surface area contributed by atoms with Crippen LogP contribution in [-0.2, 0) is 19.6 Å². The van der Waals surface area contributed by atoms with E-state index in [0.717, 1.165) is 19.4 Å². The predicted molar refractivity (Wildman–Crippen MR) is 85.4 cm³/mol. The Hall–Kier alpha value is -1.97. The van der Waals surface area contributed by atoms with Crippen molar-refractivity contribution in [1.82, 2.24) is 15.4 Å². The first-order valence-electron chi connectivity index (χ1n) is 7.27. The average Bonchev–Trinajstić information content (AvgIpc) is 3.07. The van der Waals surface area contributed by atoms with Gasteiger partial charge in [-0.15, -0.1) is 0 Å². The molecule has 0 saturated carbocycles. The minimum atomic E-state index is -3.57. The Morgan fingerprint density at radius 2 is 2.13 bits per heavy atom. The van der Waals surface area contributed by atoms with E-state index in [4.69, 9.17) is 0 Å². The summed E-state index contributed by atoms with van der Waals surface area (Å²) in [5, 5.41) is 8.16. The van der Waals surface area contributed by atoms with Crippen LogP contribution < -0.4 is 20.7 Å². The molecule has 2 amide bonds. The van der Waals surface area contributed by atoms with Gasteiger partial charge >= 0.3 is 0 Å². The molecule has 1 fully saturated rings. The third kappa shape index (κ3) is 4.75. The molecule has 2 rings (SSSR count). The van der Waals surface area contributed by atoms with Crippen LogP contribution in [-0.4, -0.2) is 46.4 Å². The van der Waals surface area contributed by atoms with E-state index < -0.39 is 15.9 Å². The second-order valence-electron chi connectivity index (χ2n) is 5.15. The number of sulfonamides is 1. The van der Waals surface area contributed by atoms with E-state index in [1.165, 1.54) is 25.2 Å². The van der Waals surface area contributed by atoms with Crippen molar-refractivity contribution in [2.45, 2.75) is 23.8 Å². The minimum Gasteiger partial charge on any atom is -0.346 e. The van der Waals surface area contributed by atoms with Crippen molar-refractivity contribution >= 4 is 27.5 Å². The van der Waals surface area contributed by atoms with Gasteiger partial charge in [0.15, 0.2) is 0 Å². The summed E-state index contributed by atoms with van der Waals surface area (Å²) in [4.78, 5) is 23.7. The van der Waals surface area contributed by atoms with E-state index in [0.29, 0.717) is 5.69 Å². The Morgan fingerprint density at radius 3 is 2.78 bits per heavy atom. The third-order valence-electron chi connectivity index (χ3n) is 3.50. The number of rotatable bonds is 6. The van der Waals surface area contributed by atoms with Crippen molar-refractivity contribution < 1.29 is 18.0 Å². The summed E-state index contributed by atoms with van der Waals surface area (Å²) in [5.41, 5.74) is 0.347. The van der Waals surface area contributed by atoms with Crippen LogP contribution in [0.1, 0.15) is 12.8 Å². The van der Waals surface area contributed by atoms with Gasteiger partial charge in [-0.3, -0.25) is 9.59 Å². The number of carbonyl (C=O) groups is 2. The van der Waals surface area contributed by atoms with Crippen molar-refractivity contribution in [2.24, 2.45) is 0 Å². The molecule has 8 nitrogen and oxygen atoms in total. The molecule has 0 aromatic heterocycles. The molecule has 1 atom stereocenters. The molecule has 0 spiro atoms. The van der Waals surface area contributed by atoms with E-state index in [-0.39, 0.29) is 23.4 Å². The lowest BCUT2D eigenvalue weighted by atomic mass is 10.2. The molecule has 0 aliphatic carbocycles. The standard InChI is InChI=1S/C14H20N4O4S/c1-15-23(21,22)11-5-2-4-10(8-11)18-13(19)9-17-14(20)12-6-3-7-16-12/h2,4-5,8,12,15-16H,3,6-7,9H2,1H3,(H,17,20)(H,18,19). The van der Waals surface area contributed by atoms with Crippen LogP contribution in [0, 0.1) is 0 Å². The number of hydrogen-bond acceptors (Lipinski definition) is 5. The van der Waals surface area contributed by atoms with Crippen LogP contribution in [0.3, 0.4) is 0 Å². The van der Waals surface area contributed by atoms with Gasteiger partial charge in [-0.1, -0.05) is 6.07 Å². The molecule has 1 aromatic carbocycles. The fourth-order valence-corrected chi connectivity index (χ4v) is 3.04. The van der Waals surface area contributed by atoms with Crippen molar-refractivity contribution in [2.75, 3.05) is 25.5 Å². The number of benzene rings is 1. The summed E-state index contributed by atoms with van der Waals surface area (Å²) in [6.07, 6.45) is 1.70. The van der Waals surface area contributed by atoms with Crippen LogP contribution >= 0.6 is 0 Å². The molecule has 9 heteroatoms. The van der Waals surface area contributed by atoms with Crippen molar-refractivity contribution in [3.8, 4) is 0 Å². The van der Waals surface area contributed by atoms with Crippen LogP contribution in [0.5, 0.6) is 0 Å². The molecule has 0 bridgehead atoms. The highest BCUT2D eigenvalue weighted by Crippen LogP contribution is 2.14. The zero-order chi connectivity index (χ0) is 16.9. The molecule has 1 aliphatic rings. The first kappa shape index (κ1) is 17.4. The molecular formula is C14H20N4O4S. The van der Waals surface area contributed by atoms with Crippen LogP contribution in [0.15, 0.2) is 29.2 Å². The van der Waals surface area contributed by atoms with Gasteiger partial charge < -0.3 is 16.0 Å². The maximum absolute atomic E-state index is 11.9. The van der Waals surface area contributed by atoms with Gasteiger partial charge in [-0.2, -0.15) is 0 Å². The van der Waals surface area contributed by atoms with E-state index in [9.17, 15) is 18.0 Å². The van der Waals surface area contributed by atoms with Crippen molar-refractivity contribution in [1.29, 1.82) is 0 Å². The predicted octanol–water partition coefficient (Wildman–Crippen LogP) is -0.599. The Morgan fingerprint density at radius 1 is 1.35 bits per heavy atom. The number of carbonyl (C=O) groups excluding carboxylic acids is 2. The van der Waals surface area contributed by atoms with Crippen molar-refractivity contribution in [3.05, 3.63) is 24.3 Å². The molecule has 23 heavy (non-hydrogen) atoms. The van der Waals surface area contributed by atoms with E-state index in [1.54, 1.807) is 6.07 Å². The first-order valence-corrected chi connectivity index (χ1v) is 8.75. The summed E-state index contributed by atoms with van der Waals surface area (Å²) in [7, 11) is -2.26. The van der Waals surface area contributed by atoms with Gasteiger partial charge in [0.1, 0.15) is 0 Å². The highest BCUT2D eigenvalue weighted by atomic mass is 32.2. The second kappa shape index (κ2) is 7.53. The lowest BCUT2D eigenvalue weighted by molar-refractivity contribution is -0.125. The maximum Gasteiger partial charge on any atom is 0.243 e. The van der Waals surface area contributed by atoms with E-state index in [2.05, 4.69) is 20.7 Å². The minimum absolute atomic E-state index is 0.0528. The Labute approximate surface area is 135 Å². The number of anilines is 1. The topological polar surface area (TPSA) is 116 Å². The largest absolute Gasteiger partial charge is 0.346 e. The highest BCUT2D eigenvalue weighted by molar-refractivity contribution is 7.89. The van der Waals surface area contributed by atoms with Gasteiger partial charge in [0.05, 0.1) is 17.5 Å². The molecular weight excluding hydrogens is 320 g/mol. The molecule has 1 aliphatic heterocycles. The van der Waals surface area contributed by atoms with Gasteiger partial charge in [0.2, 0.25) is 21.8 Å². The summed E-state index contributed by atoms with van der Waals surface area (Å²) >= 11 is 0. The molecule has 1 unspecified atom stereocenters. The maximum atomic E-state index is 11.9. The number of amides is 2. The van der Waals surface area contributed by atoms with Crippen LogP contribution in [0.25, 0.3) is 0 Å². The average molecular weight is 340 g/mol. The van der Waals surface area contributed by atoms with Gasteiger partial charge in [-0.05, 0) is 44.6 Å². The summed E-state index contributed by atoms with van der Waals surface area (Å²) in [5.74, 6) is -0.625. The van der Waals surface area contributed by atoms with Crippen LogP contribution in [0.4, 0.5) is 5.69 Å². The number of nitrogens with one attached hydrogen (secondary N) is 4. The molecule has 1 heterocycles. The fraction of sp³-hybridized carbons (Fsp3) is 0.429. The molecule has 126 valence electrons. The van der Waals surface area contributed by atoms with Crippen molar-refractivity contribution in [3.63, 3.8) is 0 Å². The van der Waals surface area contributed by atoms with Gasteiger partial charge in [0.25, 0.3) is 0 Å². The summed E-state index contributed by atoms with van der Waals surface area (Å²) in [6, 6.07) is 5.64. The lowest BCUT2D eigenvalue weighted by Crippen LogP contribution is -2.43. The van der Waals surface area contributed by atoms with Gasteiger partial charge in [0, 0.05) is 5.69 Å². The lowest BCUT2D eigenvalue weighted by Gasteiger charge is -2.11. The summed E-state index contributed by atoms with van der Waals surface area (Å²) in [6.45, 7) is 0.636. The normalized spacial score (nSPS) is 17.7. The Kier molecular flexibility index (Phi) is 5.69. The fourth-order valence-electron chi connectivity index (χ4n) is 2.26. The molecule has 4 N–H and O–H groups in total. The smallest absolute Gasteiger partial charge is 0.243 e. The first-order chi connectivity index (χ1) is 10.9. The van der Waals surface area contributed by atoms with Gasteiger partial charge in [-0.25, -0.2) is 13.1 Å². The Balaban J connectivity index is 1.90.